The Hall–Kier alpha value is -1.30. The smallest absolute Gasteiger partial charge is 0.124 e. The lowest BCUT2D eigenvalue weighted by Crippen LogP contribution is -2.11. The molecule has 110 valence electrons. The Balaban J connectivity index is 2.13. The highest BCUT2D eigenvalue weighted by Gasteiger charge is 2.10. The van der Waals surface area contributed by atoms with E-state index in [4.69, 9.17) is 25.8 Å². The van der Waals surface area contributed by atoms with Gasteiger partial charge in [0.15, 0.2) is 0 Å². The summed E-state index contributed by atoms with van der Waals surface area (Å²) in [4.78, 5) is 4.53. The topological polar surface area (TPSA) is 45.5 Å². The van der Waals surface area contributed by atoms with Crippen LogP contribution < -0.4 is 4.74 Å². The van der Waals surface area contributed by atoms with Crippen LogP contribution in [0.5, 0.6) is 5.75 Å². The minimum absolute atomic E-state index is 0.370. The average molecular weight is 299 g/mol. The van der Waals surface area contributed by atoms with E-state index < -0.39 is 0 Å². The van der Waals surface area contributed by atoms with Crippen LogP contribution in [-0.2, 0) is 21.9 Å². The number of hydrogen-bond acceptors (Lipinski definition) is 4. The molecule has 0 saturated carbocycles. The van der Waals surface area contributed by atoms with Crippen molar-refractivity contribution in [3.05, 3.63) is 24.0 Å². The number of aromatic nitrogens is 2. The predicted molar refractivity (Wildman–Crippen MR) is 78.5 cm³/mol. The Morgan fingerprint density at radius 3 is 2.75 bits per heavy atom. The number of rotatable bonds is 8. The second-order valence-corrected chi connectivity index (χ2v) is 4.54. The van der Waals surface area contributed by atoms with Gasteiger partial charge in [0.2, 0.25) is 0 Å². The van der Waals surface area contributed by atoms with Gasteiger partial charge in [-0.05, 0) is 12.1 Å². The van der Waals surface area contributed by atoms with Gasteiger partial charge in [-0.2, -0.15) is 0 Å². The van der Waals surface area contributed by atoms with Gasteiger partial charge < -0.3 is 18.8 Å². The van der Waals surface area contributed by atoms with Gasteiger partial charge in [-0.25, -0.2) is 4.98 Å². The maximum absolute atomic E-state index is 5.96. The fourth-order valence-corrected chi connectivity index (χ4v) is 2.24. The van der Waals surface area contributed by atoms with Crippen molar-refractivity contribution < 1.29 is 14.2 Å². The molecule has 5 nitrogen and oxygen atoms in total. The van der Waals surface area contributed by atoms with Crippen molar-refractivity contribution in [2.24, 2.45) is 0 Å². The van der Waals surface area contributed by atoms with Crippen LogP contribution in [0.3, 0.4) is 0 Å². The maximum atomic E-state index is 5.96. The van der Waals surface area contributed by atoms with Crippen LogP contribution in [0.15, 0.2) is 18.2 Å². The van der Waals surface area contributed by atoms with Gasteiger partial charge in [0.05, 0.1) is 43.8 Å². The largest absolute Gasteiger partial charge is 0.497 e. The summed E-state index contributed by atoms with van der Waals surface area (Å²) in [6.45, 7) is 2.51. The number of nitrogens with zero attached hydrogens (tertiary/aromatic N) is 2. The molecule has 0 spiro atoms. The third kappa shape index (κ3) is 3.42. The van der Waals surface area contributed by atoms with Crippen molar-refractivity contribution >= 4 is 22.6 Å². The van der Waals surface area contributed by atoms with Gasteiger partial charge in [0, 0.05) is 19.7 Å². The van der Waals surface area contributed by atoms with Crippen molar-refractivity contribution in [3.8, 4) is 5.75 Å². The number of ether oxygens (including phenoxy) is 3. The van der Waals surface area contributed by atoms with Gasteiger partial charge in [-0.1, -0.05) is 0 Å². The predicted octanol–water partition coefficient (Wildman–Crippen LogP) is 2.45. The Kier molecular flexibility index (Phi) is 5.64. The van der Waals surface area contributed by atoms with Crippen molar-refractivity contribution in [2.75, 3.05) is 34.0 Å². The monoisotopic (exact) mass is 298 g/mol. The van der Waals surface area contributed by atoms with Crippen LogP contribution in [0.4, 0.5) is 0 Å². The summed E-state index contributed by atoms with van der Waals surface area (Å²) in [7, 11) is 3.30. The molecule has 0 unspecified atom stereocenters. The molecule has 0 amide bonds. The van der Waals surface area contributed by atoms with Crippen molar-refractivity contribution in [1.82, 2.24) is 9.55 Å². The minimum Gasteiger partial charge on any atom is -0.497 e. The highest BCUT2D eigenvalue weighted by Crippen LogP contribution is 2.22. The normalized spacial score (nSPS) is 11.2. The van der Waals surface area contributed by atoms with E-state index in [1.807, 2.05) is 18.2 Å². The van der Waals surface area contributed by atoms with Gasteiger partial charge in [-0.3, -0.25) is 0 Å². The Labute approximate surface area is 123 Å². The summed E-state index contributed by atoms with van der Waals surface area (Å²) in [6.07, 6.45) is 0. The number of imidazole rings is 1. The summed E-state index contributed by atoms with van der Waals surface area (Å²) in [6, 6.07) is 5.82. The van der Waals surface area contributed by atoms with E-state index in [2.05, 4.69) is 9.55 Å². The molecule has 20 heavy (non-hydrogen) atoms. The number of fused-ring (bicyclic) bond motifs is 1. The first-order chi connectivity index (χ1) is 9.80. The highest BCUT2D eigenvalue weighted by atomic mass is 35.5. The first kappa shape index (κ1) is 15.1. The summed E-state index contributed by atoms with van der Waals surface area (Å²) in [5, 5.41) is 0. The van der Waals surface area contributed by atoms with E-state index in [-0.39, 0.29) is 0 Å². The fraction of sp³-hybridized carbons (Fsp3) is 0.500. The third-order valence-electron chi connectivity index (χ3n) is 3.05. The average Bonchev–Trinajstić information content (AvgIpc) is 2.84. The summed E-state index contributed by atoms with van der Waals surface area (Å²) < 4.78 is 17.7. The first-order valence-electron chi connectivity index (χ1n) is 6.46. The Morgan fingerprint density at radius 2 is 2.05 bits per heavy atom. The quantitative estimate of drug-likeness (QED) is 0.555. The van der Waals surface area contributed by atoms with Gasteiger partial charge >= 0.3 is 0 Å². The molecule has 6 heteroatoms. The van der Waals surface area contributed by atoms with Crippen molar-refractivity contribution in [2.45, 2.75) is 12.4 Å². The molecule has 0 aliphatic carbocycles. The molecular weight excluding hydrogens is 280 g/mol. The van der Waals surface area contributed by atoms with Crippen LogP contribution >= 0.6 is 11.6 Å². The standard InChI is InChI=1S/C14H19ClN2O3/c1-18-7-8-20-6-5-17-13-4-3-11(19-2)9-12(13)16-14(17)10-15/h3-4,9H,5-8,10H2,1-2H3. The Morgan fingerprint density at radius 1 is 1.20 bits per heavy atom. The lowest BCUT2D eigenvalue weighted by Gasteiger charge is -2.08. The van der Waals surface area contributed by atoms with E-state index in [0.717, 1.165) is 22.6 Å². The van der Waals surface area contributed by atoms with Gasteiger partial charge in [-0.15, -0.1) is 11.6 Å². The van der Waals surface area contributed by atoms with Gasteiger partial charge in [0.1, 0.15) is 11.6 Å². The molecule has 1 heterocycles. The molecule has 0 N–H and O–H groups in total. The number of alkyl halides is 1. The van der Waals surface area contributed by atoms with Crippen LogP contribution in [-0.4, -0.2) is 43.6 Å². The molecule has 0 atom stereocenters. The molecular formula is C14H19ClN2O3. The minimum atomic E-state index is 0.370. The van der Waals surface area contributed by atoms with Crippen LogP contribution in [0.2, 0.25) is 0 Å². The van der Waals surface area contributed by atoms with Crippen LogP contribution in [0.1, 0.15) is 5.82 Å². The summed E-state index contributed by atoms with van der Waals surface area (Å²) in [5.74, 6) is 2.00. The number of halogens is 1. The highest BCUT2D eigenvalue weighted by molar-refractivity contribution is 6.16. The fourth-order valence-electron chi connectivity index (χ4n) is 2.04. The Bertz CT molecular complexity index is 557. The van der Waals surface area contributed by atoms with Gasteiger partial charge in [0.25, 0.3) is 0 Å². The third-order valence-corrected chi connectivity index (χ3v) is 3.28. The van der Waals surface area contributed by atoms with E-state index >= 15 is 0 Å². The van der Waals surface area contributed by atoms with Crippen molar-refractivity contribution in [1.29, 1.82) is 0 Å². The maximum Gasteiger partial charge on any atom is 0.124 e. The molecule has 0 aliphatic heterocycles. The van der Waals surface area contributed by atoms with E-state index in [1.165, 1.54) is 0 Å². The lowest BCUT2D eigenvalue weighted by atomic mass is 10.3. The number of methoxy groups -OCH3 is 2. The molecule has 2 aromatic rings. The molecule has 0 aliphatic rings. The molecule has 0 bridgehead atoms. The second kappa shape index (κ2) is 7.47. The SMILES string of the molecule is COCCOCCn1c(CCl)nc2cc(OC)ccc21. The molecule has 0 fully saturated rings. The molecule has 0 saturated heterocycles. The van der Waals surface area contributed by atoms with E-state index in [0.29, 0.717) is 32.2 Å². The first-order valence-corrected chi connectivity index (χ1v) is 6.99. The summed E-state index contributed by atoms with van der Waals surface area (Å²) in [5.41, 5.74) is 1.92. The van der Waals surface area contributed by atoms with Crippen LogP contribution in [0, 0.1) is 0 Å². The zero-order valence-corrected chi connectivity index (χ0v) is 12.5. The number of hydrogen-bond donors (Lipinski definition) is 0. The van der Waals surface area contributed by atoms with Crippen LogP contribution in [0.25, 0.3) is 11.0 Å². The zero-order valence-electron chi connectivity index (χ0n) is 11.8. The van der Waals surface area contributed by atoms with Crippen molar-refractivity contribution in [3.63, 3.8) is 0 Å². The van der Waals surface area contributed by atoms with E-state index in [1.54, 1.807) is 14.2 Å². The summed E-state index contributed by atoms with van der Waals surface area (Å²) >= 11 is 5.96. The lowest BCUT2D eigenvalue weighted by molar-refractivity contribution is 0.0667. The molecule has 2 rings (SSSR count). The molecule has 1 aromatic carbocycles. The zero-order chi connectivity index (χ0) is 14.4. The molecule has 1 aromatic heterocycles. The number of benzene rings is 1. The van der Waals surface area contributed by atoms with E-state index in [9.17, 15) is 0 Å². The molecule has 0 radical (unpaired) electrons. The second-order valence-electron chi connectivity index (χ2n) is 4.27.